The number of pyridine rings is 1. The maximum atomic E-state index is 4.23. The summed E-state index contributed by atoms with van der Waals surface area (Å²) in [7, 11) is 0. The fourth-order valence-electron chi connectivity index (χ4n) is 2.20. The minimum absolute atomic E-state index is 0.993. The van der Waals surface area contributed by atoms with Gasteiger partial charge in [0.05, 0.1) is 0 Å². The van der Waals surface area contributed by atoms with Gasteiger partial charge in [0, 0.05) is 25.0 Å². The van der Waals surface area contributed by atoms with E-state index in [0.29, 0.717) is 0 Å². The summed E-state index contributed by atoms with van der Waals surface area (Å²) in [6.45, 7) is 4.02. The average Bonchev–Trinajstić information content (AvgIpc) is 2.75. The van der Waals surface area contributed by atoms with Crippen molar-refractivity contribution in [2.75, 3.05) is 0 Å². The maximum Gasteiger partial charge on any atom is 0.0378 e. The van der Waals surface area contributed by atoms with E-state index in [-0.39, 0.29) is 0 Å². The van der Waals surface area contributed by atoms with E-state index in [1.54, 1.807) is 0 Å². The van der Waals surface area contributed by atoms with E-state index in [9.17, 15) is 0 Å². The maximum absolute atomic E-state index is 4.23. The first-order chi connectivity index (χ1) is 7.83. The van der Waals surface area contributed by atoms with Crippen LogP contribution in [0.5, 0.6) is 0 Å². The van der Waals surface area contributed by atoms with Crippen molar-refractivity contribution in [1.29, 1.82) is 0 Å². The van der Waals surface area contributed by atoms with Crippen LogP contribution in [-0.2, 0) is 13.1 Å². The predicted octanol–water partition coefficient (Wildman–Crippen LogP) is 2.66. The van der Waals surface area contributed by atoms with Crippen molar-refractivity contribution in [1.82, 2.24) is 10.3 Å². The van der Waals surface area contributed by atoms with E-state index >= 15 is 0 Å². The minimum Gasteiger partial charge on any atom is -0.309 e. The van der Waals surface area contributed by atoms with Crippen molar-refractivity contribution < 1.29 is 0 Å². The van der Waals surface area contributed by atoms with Crippen LogP contribution in [-0.4, -0.2) is 4.98 Å². The summed E-state index contributed by atoms with van der Waals surface area (Å²) in [5, 5.41) is 3.37. The van der Waals surface area contributed by atoms with E-state index in [2.05, 4.69) is 40.6 Å². The SMILES string of the molecule is Cc1cc(-c2ccc3c(c2)CNC3)ccn1. The Hall–Kier alpha value is -1.67. The highest BCUT2D eigenvalue weighted by Gasteiger charge is 2.10. The molecule has 0 amide bonds. The standard InChI is InChI=1S/C14H14N2/c1-10-6-12(4-5-16-10)11-2-3-13-8-15-9-14(13)7-11/h2-7,15H,8-9H2,1H3. The Morgan fingerprint density at radius 2 is 1.81 bits per heavy atom. The molecule has 0 bridgehead atoms. The van der Waals surface area contributed by atoms with Crippen LogP contribution in [0.15, 0.2) is 36.5 Å². The molecule has 0 atom stereocenters. The topological polar surface area (TPSA) is 24.9 Å². The Kier molecular flexibility index (Phi) is 2.22. The zero-order valence-corrected chi connectivity index (χ0v) is 9.33. The molecule has 2 nitrogen and oxygen atoms in total. The summed E-state index contributed by atoms with van der Waals surface area (Å²) < 4.78 is 0. The van der Waals surface area contributed by atoms with E-state index < -0.39 is 0 Å². The van der Waals surface area contributed by atoms with Crippen molar-refractivity contribution in [3.63, 3.8) is 0 Å². The van der Waals surface area contributed by atoms with E-state index in [1.165, 1.54) is 22.3 Å². The fraction of sp³-hybridized carbons (Fsp3) is 0.214. The highest BCUT2D eigenvalue weighted by Crippen LogP contribution is 2.24. The molecule has 1 aliphatic heterocycles. The van der Waals surface area contributed by atoms with Crippen LogP contribution in [0.1, 0.15) is 16.8 Å². The van der Waals surface area contributed by atoms with Crippen molar-refractivity contribution in [3.05, 3.63) is 53.3 Å². The first-order valence-corrected chi connectivity index (χ1v) is 5.58. The predicted molar refractivity (Wildman–Crippen MR) is 65.0 cm³/mol. The smallest absolute Gasteiger partial charge is 0.0378 e. The zero-order valence-electron chi connectivity index (χ0n) is 9.33. The molecular formula is C14H14N2. The van der Waals surface area contributed by atoms with Crippen LogP contribution in [0, 0.1) is 6.92 Å². The lowest BCUT2D eigenvalue weighted by Gasteiger charge is -2.05. The van der Waals surface area contributed by atoms with Gasteiger partial charge >= 0.3 is 0 Å². The monoisotopic (exact) mass is 210 g/mol. The van der Waals surface area contributed by atoms with Gasteiger partial charge in [0.1, 0.15) is 0 Å². The first kappa shape index (κ1) is 9.55. The molecule has 0 radical (unpaired) electrons. The number of hydrogen-bond acceptors (Lipinski definition) is 2. The van der Waals surface area contributed by atoms with Crippen molar-refractivity contribution in [2.45, 2.75) is 20.0 Å². The van der Waals surface area contributed by atoms with Crippen molar-refractivity contribution in [2.24, 2.45) is 0 Å². The highest BCUT2D eigenvalue weighted by atomic mass is 14.9. The fourth-order valence-corrected chi connectivity index (χ4v) is 2.20. The molecule has 1 aliphatic rings. The first-order valence-electron chi connectivity index (χ1n) is 5.58. The number of aromatic nitrogens is 1. The number of hydrogen-bond donors (Lipinski definition) is 1. The summed E-state index contributed by atoms with van der Waals surface area (Å²) in [4.78, 5) is 4.23. The Morgan fingerprint density at radius 3 is 2.69 bits per heavy atom. The summed E-state index contributed by atoms with van der Waals surface area (Å²) in [5.41, 5.74) is 6.45. The molecule has 2 heterocycles. The Balaban J connectivity index is 2.07. The molecule has 0 fully saturated rings. The van der Waals surface area contributed by atoms with Gasteiger partial charge in [-0.05, 0) is 47.4 Å². The van der Waals surface area contributed by atoms with Gasteiger partial charge < -0.3 is 5.32 Å². The average molecular weight is 210 g/mol. The Labute approximate surface area is 95.3 Å². The largest absolute Gasteiger partial charge is 0.309 e. The summed E-state index contributed by atoms with van der Waals surface area (Å²) in [5.74, 6) is 0. The van der Waals surface area contributed by atoms with E-state index in [1.807, 2.05) is 13.1 Å². The van der Waals surface area contributed by atoms with E-state index in [4.69, 9.17) is 0 Å². The molecule has 2 heteroatoms. The van der Waals surface area contributed by atoms with Gasteiger partial charge in [-0.15, -0.1) is 0 Å². The molecule has 0 saturated carbocycles. The third-order valence-corrected chi connectivity index (χ3v) is 3.07. The summed E-state index contributed by atoms with van der Waals surface area (Å²) >= 11 is 0. The summed E-state index contributed by atoms with van der Waals surface area (Å²) in [6, 6.07) is 10.9. The van der Waals surface area contributed by atoms with Crippen LogP contribution >= 0.6 is 0 Å². The second kappa shape index (κ2) is 3.72. The van der Waals surface area contributed by atoms with Crippen LogP contribution in [0.25, 0.3) is 11.1 Å². The molecule has 0 unspecified atom stereocenters. The second-order valence-corrected chi connectivity index (χ2v) is 4.27. The molecule has 1 N–H and O–H groups in total. The number of nitrogens with zero attached hydrogens (tertiary/aromatic N) is 1. The molecule has 3 rings (SSSR count). The number of aryl methyl sites for hydroxylation is 1. The number of rotatable bonds is 1. The van der Waals surface area contributed by atoms with Gasteiger partial charge in [0.2, 0.25) is 0 Å². The summed E-state index contributed by atoms with van der Waals surface area (Å²) in [6.07, 6.45) is 1.87. The van der Waals surface area contributed by atoms with Gasteiger partial charge in [-0.1, -0.05) is 12.1 Å². The molecule has 0 spiro atoms. The highest BCUT2D eigenvalue weighted by molar-refractivity contribution is 5.65. The molecule has 16 heavy (non-hydrogen) atoms. The van der Waals surface area contributed by atoms with Gasteiger partial charge in [0.25, 0.3) is 0 Å². The van der Waals surface area contributed by atoms with Crippen molar-refractivity contribution in [3.8, 4) is 11.1 Å². The third-order valence-electron chi connectivity index (χ3n) is 3.07. The van der Waals surface area contributed by atoms with Crippen LogP contribution in [0.2, 0.25) is 0 Å². The molecular weight excluding hydrogens is 196 g/mol. The lowest BCUT2D eigenvalue weighted by atomic mass is 10.0. The number of benzene rings is 1. The molecule has 2 aromatic rings. The van der Waals surface area contributed by atoms with E-state index in [0.717, 1.165) is 18.8 Å². The zero-order chi connectivity index (χ0) is 11.0. The van der Waals surface area contributed by atoms with Crippen molar-refractivity contribution >= 4 is 0 Å². The van der Waals surface area contributed by atoms with Gasteiger partial charge in [-0.2, -0.15) is 0 Å². The number of nitrogens with one attached hydrogen (secondary N) is 1. The van der Waals surface area contributed by atoms with Crippen LogP contribution in [0.3, 0.4) is 0 Å². The van der Waals surface area contributed by atoms with Gasteiger partial charge in [0.15, 0.2) is 0 Å². The van der Waals surface area contributed by atoms with Gasteiger partial charge in [-0.25, -0.2) is 0 Å². The van der Waals surface area contributed by atoms with Crippen LogP contribution in [0.4, 0.5) is 0 Å². The Morgan fingerprint density at radius 1 is 1.00 bits per heavy atom. The minimum atomic E-state index is 0.993. The number of fused-ring (bicyclic) bond motifs is 1. The molecule has 1 aromatic heterocycles. The lowest BCUT2D eigenvalue weighted by Crippen LogP contribution is -1.99. The quantitative estimate of drug-likeness (QED) is 0.782. The molecule has 0 aliphatic carbocycles. The molecule has 1 aromatic carbocycles. The Bertz CT molecular complexity index is 532. The van der Waals surface area contributed by atoms with Gasteiger partial charge in [-0.3, -0.25) is 4.98 Å². The van der Waals surface area contributed by atoms with Crippen LogP contribution < -0.4 is 5.32 Å². The third kappa shape index (κ3) is 1.61. The normalized spacial score (nSPS) is 13.8. The second-order valence-electron chi connectivity index (χ2n) is 4.27. The lowest BCUT2D eigenvalue weighted by molar-refractivity contribution is 0.765. The molecule has 80 valence electrons. The molecule has 0 saturated heterocycles.